The molecule has 1 aromatic carbocycles. The zero-order valence-corrected chi connectivity index (χ0v) is 10.9. The van der Waals surface area contributed by atoms with Gasteiger partial charge in [-0.25, -0.2) is 0 Å². The van der Waals surface area contributed by atoms with Crippen molar-refractivity contribution in [2.75, 3.05) is 17.2 Å². The Balaban J connectivity index is 2.31. The largest absolute Gasteiger partial charge is 0.382 e. The molecule has 0 fully saturated rings. The van der Waals surface area contributed by atoms with E-state index in [0.717, 1.165) is 34.8 Å². The monoisotopic (exact) mass is 252 g/mol. The predicted molar refractivity (Wildman–Crippen MR) is 71.7 cm³/mol. The lowest BCUT2D eigenvalue weighted by Crippen LogP contribution is -2.25. The van der Waals surface area contributed by atoms with Gasteiger partial charge in [0.15, 0.2) is 0 Å². The Bertz CT molecular complexity index is 445. The lowest BCUT2D eigenvalue weighted by molar-refractivity contribution is -0.119. The average molecular weight is 253 g/mol. The maximum Gasteiger partial charge on any atom is 0.229 e. The molecule has 1 aliphatic heterocycles. The molecule has 1 heterocycles. The molecule has 0 aromatic heterocycles. The fraction of sp³-hybridized carbons (Fsp3) is 0.462. The molecular formula is C13H17ClN2O. The first-order valence-electron chi connectivity index (χ1n) is 5.97. The highest BCUT2D eigenvalue weighted by molar-refractivity contribution is 6.32. The topological polar surface area (TPSA) is 41.1 Å². The Morgan fingerprint density at radius 2 is 2.24 bits per heavy atom. The van der Waals surface area contributed by atoms with Crippen LogP contribution in [0.15, 0.2) is 12.1 Å². The summed E-state index contributed by atoms with van der Waals surface area (Å²) < 4.78 is 0. The second-order valence-electron chi connectivity index (χ2n) is 4.45. The van der Waals surface area contributed by atoms with E-state index >= 15 is 0 Å². The van der Waals surface area contributed by atoms with Crippen LogP contribution in [0.1, 0.15) is 25.3 Å². The molecule has 0 saturated heterocycles. The zero-order valence-electron chi connectivity index (χ0n) is 10.1. The summed E-state index contributed by atoms with van der Waals surface area (Å²) in [6.45, 7) is 4.72. The number of anilines is 2. The van der Waals surface area contributed by atoms with E-state index < -0.39 is 0 Å². The van der Waals surface area contributed by atoms with Crippen LogP contribution in [0.3, 0.4) is 0 Å². The van der Waals surface area contributed by atoms with Crippen molar-refractivity contribution in [2.45, 2.75) is 26.7 Å². The second-order valence-corrected chi connectivity index (χ2v) is 4.86. The Kier molecular flexibility index (Phi) is 3.57. The van der Waals surface area contributed by atoms with Crippen molar-refractivity contribution in [1.82, 2.24) is 0 Å². The SMILES string of the molecule is CCCC1CNc2c(ccc(Cl)c2C)NC1=O. The Hall–Kier alpha value is -1.22. The van der Waals surface area contributed by atoms with Crippen LogP contribution in [0, 0.1) is 12.8 Å². The van der Waals surface area contributed by atoms with Gasteiger partial charge in [0.25, 0.3) is 0 Å². The molecule has 1 unspecified atom stereocenters. The van der Waals surface area contributed by atoms with Crippen LogP contribution in [-0.4, -0.2) is 12.5 Å². The molecule has 2 rings (SSSR count). The van der Waals surface area contributed by atoms with E-state index in [1.54, 1.807) is 0 Å². The van der Waals surface area contributed by atoms with Crippen molar-refractivity contribution >= 4 is 28.9 Å². The van der Waals surface area contributed by atoms with Crippen LogP contribution in [-0.2, 0) is 4.79 Å². The molecule has 2 N–H and O–H groups in total. The first-order chi connectivity index (χ1) is 8.13. The maximum atomic E-state index is 12.0. The molecule has 0 spiro atoms. The van der Waals surface area contributed by atoms with Crippen molar-refractivity contribution in [3.05, 3.63) is 22.7 Å². The Labute approximate surface area is 107 Å². The summed E-state index contributed by atoms with van der Waals surface area (Å²) in [5, 5.41) is 7.02. The third-order valence-corrected chi connectivity index (χ3v) is 3.60. The average Bonchev–Trinajstić information content (AvgIpc) is 2.46. The van der Waals surface area contributed by atoms with E-state index in [4.69, 9.17) is 11.6 Å². The summed E-state index contributed by atoms with van der Waals surface area (Å²) in [5.41, 5.74) is 2.77. The highest BCUT2D eigenvalue weighted by Gasteiger charge is 2.23. The number of amides is 1. The quantitative estimate of drug-likeness (QED) is 0.847. The molecule has 1 aromatic rings. The van der Waals surface area contributed by atoms with Crippen molar-refractivity contribution in [1.29, 1.82) is 0 Å². The minimum atomic E-state index is 0.0329. The lowest BCUT2D eigenvalue weighted by atomic mass is 10.0. The first kappa shape index (κ1) is 12.2. The minimum absolute atomic E-state index is 0.0329. The highest BCUT2D eigenvalue weighted by Crippen LogP contribution is 2.33. The van der Waals surface area contributed by atoms with E-state index in [1.165, 1.54) is 0 Å². The number of carbonyl (C=O) groups excluding carboxylic acids is 1. The van der Waals surface area contributed by atoms with Crippen LogP contribution in [0.5, 0.6) is 0 Å². The number of benzene rings is 1. The summed E-state index contributed by atoms with van der Waals surface area (Å²) in [4.78, 5) is 12.0. The molecule has 3 nitrogen and oxygen atoms in total. The molecule has 1 atom stereocenters. The number of nitrogens with one attached hydrogen (secondary N) is 2. The molecule has 17 heavy (non-hydrogen) atoms. The standard InChI is InChI=1S/C13H17ClN2O/c1-3-4-9-7-15-12-8(2)10(14)5-6-11(12)16-13(9)17/h5-6,9,15H,3-4,7H2,1-2H3,(H,16,17). The molecule has 0 aliphatic carbocycles. The van der Waals surface area contributed by atoms with Crippen LogP contribution in [0.4, 0.5) is 11.4 Å². The number of carbonyl (C=O) groups is 1. The third kappa shape index (κ3) is 2.39. The normalized spacial score (nSPS) is 19.0. The van der Waals surface area contributed by atoms with Crippen LogP contribution in [0.25, 0.3) is 0 Å². The first-order valence-corrected chi connectivity index (χ1v) is 6.35. The summed E-state index contributed by atoms with van der Waals surface area (Å²) >= 11 is 6.08. The van der Waals surface area contributed by atoms with Gasteiger partial charge < -0.3 is 10.6 Å². The van der Waals surface area contributed by atoms with Crippen molar-refractivity contribution in [3.63, 3.8) is 0 Å². The fourth-order valence-corrected chi connectivity index (χ4v) is 2.31. The summed E-state index contributed by atoms with van der Waals surface area (Å²) in [6.07, 6.45) is 1.91. The summed E-state index contributed by atoms with van der Waals surface area (Å²) in [7, 11) is 0. The predicted octanol–water partition coefficient (Wildman–Crippen LogP) is 3.43. The van der Waals surface area contributed by atoms with Gasteiger partial charge in [-0.2, -0.15) is 0 Å². The molecule has 92 valence electrons. The van der Waals surface area contributed by atoms with Gasteiger partial charge in [-0.15, -0.1) is 0 Å². The highest BCUT2D eigenvalue weighted by atomic mass is 35.5. The van der Waals surface area contributed by atoms with E-state index in [9.17, 15) is 4.79 Å². The summed E-state index contributed by atoms with van der Waals surface area (Å²) in [6, 6.07) is 3.67. The minimum Gasteiger partial charge on any atom is -0.382 e. The number of rotatable bonds is 2. The van der Waals surface area contributed by atoms with Gasteiger partial charge in [-0.05, 0) is 31.0 Å². The van der Waals surface area contributed by atoms with Crippen LogP contribution < -0.4 is 10.6 Å². The Morgan fingerprint density at radius 3 is 2.94 bits per heavy atom. The number of hydrogen-bond acceptors (Lipinski definition) is 2. The van der Waals surface area contributed by atoms with E-state index in [-0.39, 0.29) is 11.8 Å². The Morgan fingerprint density at radius 1 is 1.47 bits per heavy atom. The molecular weight excluding hydrogens is 236 g/mol. The van der Waals surface area contributed by atoms with Gasteiger partial charge in [0, 0.05) is 11.6 Å². The van der Waals surface area contributed by atoms with E-state index in [2.05, 4.69) is 17.6 Å². The van der Waals surface area contributed by atoms with Crippen LogP contribution >= 0.6 is 11.6 Å². The van der Waals surface area contributed by atoms with Crippen LogP contribution in [0.2, 0.25) is 5.02 Å². The van der Waals surface area contributed by atoms with Gasteiger partial charge in [-0.1, -0.05) is 24.9 Å². The number of hydrogen-bond donors (Lipinski definition) is 2. The van der Waals surface area contributed by atoms with Gasteiger partial charge in [0.05, 0.1) is 17.3 Å². The molecule has 0 bridgehead atoms. The number of halogens is 1. The van der Waals surface area contributed by atoms with Crippen molar-refractivity contribution < 1.29 is 4.79 Å². The van der Waals surface area contributed by atoms with E-state index in [0.29, 0.717) is 6.54 Å². The van der Waals surface area contributed by atoms with Crippen molar-refractivity contribution in [3.8, 4) is 0 Å². The van der Waals surface area contributed by atoms with Gasteiger partial charge in [0.1, 0.15) is 0 Å². The molecule has 0 saturated carbocycles. The second kappa shape index (κ2) is 4.96. The zero-order chi connectivity index (χ0) is 12.4. The third-order valence-electron chi connectivity index (χ3n) is 3.19. The number of fused-ring (bicyclic) bond motifs is 1. The molecule has 1 amide bonds. The maximum absolute atomic E-state index is 12.0. The summed E-state index contributed by atoms with van der Waals surface area (Å²) in [5.74, 6) is 0.130. The van der Waals surface area contributed by atoms with Gasteiger partial charge >= 0.3 is 0 Å². The van der Waals surface area contributed by atoms with Gasteiger partial charge in [-0.3, -0.25) is 4.79 Å². The molecule has 1 aliphatic rings. The van der Waals surface area contributed by atoms with E-state index in [1.807, 2.05) is 19.1 Å². The van der Waals surface area contributed by atoms with Gasteiger partial charge in [0.2, 0.25) is 5.91 Å². The van der Waals surface area contributed by atoms with Crippen molar-refractivity contribution in [2.24, 2.45) is 5.92 Å². The molecule has 0 radical (unpaired) electrons. The molecule has 4 heteroatoms. The fourth-order valence-electron chi connectivity index (χ4n) is 2.15. The lowest BCUT2D eigenvalue weighted by Gasteiger charge is -2.12. The smallest absolute Gasteiger partial charge is 0.229 e.